The highest BCUT2D eigenvalue weighted by Gasteiger charge is 2.68. The Bertz CT molecular complexity index is 1080. The number of hydrogen-bond acceptors (Lipinski definition) is 4. The molecule has 5 rings (SSSR count). The van der Waals surface area contributed by atoms with E-state index in [1.54, 1.807) is 0 Å². The van der Waals surface area contributed by atoms with Crippen molar-refractivity contribution in [3.63, 3.8) is 0 Å². The van der Waals surface area contributed by atoms with E-state index in [0.29, 0.717) is 6.42 Å². The summed E-state index contributed by atoms with van der Waals surface area (Å²) in [6.45, 7) is 0.164. The number of carboxylic acids is 1. The fraction of sp³-hybridized carbons (Fsp3) is 0.444. The van der Waals surface area contributed by atoms with Gasteiger partial charge in [0, 0.05) is 10.5 Å². The monoisotopic (exact) mass is 524 g/mol. The van der Waals surface area contributed by atoms with Crippen molar-refractivity contribution in [2.24, 2.45) is 17.8 Å². The molecule has 4 atom stereocenters. The summed E-state index contributed by atoms with van der Waals surface area (Å²) >= 11 is 3.45. The van der Waals surface area contributed by atoms with E-state index in [1.165, 1.54) is 11.3 Å². The van der Waals surface area contributed by atoms with Gasteiger partial charge in [-0.25, -0.2) is 0 Å². The molecule has 6 nitrogen and oxygen atoms in total. The van der Waals surface area contributed by atoms with Crippen LogP contribution < -0.4 is 5.32 Å². The van der Waals surface area contributed by atoms with Crippen molar-refractivity contribution in [1.29, 1.82) is 0 Å². The van der Waals surface area contributed by atoms with Crippen molar-refractivity contribution < 1.29 is 19.5 Å². The van der Waals surface area contributed by atoms with Crippen molar-refractivity contribution in [1.82, 2.24) is 10.2 Å². The maximum Gasteiger partial charge on any atom is 0.324 e. The Morgan fingerprint density at radius 1 is 1.00 bits per heavy atom. The Kier molecular flexibility index (Phi) is 6.34. The second-order valence-electron chi connectivity index (χ2n) is 9.91. The molecule has 7 heteroatoms. The highest BCUT2D eigenvalue weighted by atomic mass is 79.9. The normalized spacial score (nSPS) is 29.4. The fourth-order valence-corrected chi connectivity index (χ4v) is 6.52. The van der Waals surface area contributed by atoms with Gasteiger partial charge in [-0.15, -0.1) is 0 Å². The summed E-state index contributed by atoms with van der Waals surface area (Å²) in [5, 5.41) is 13.9. The van der Waals surface area contributed by atoms with Gasteiger partial charge in [0.15, 0.2) is 0 Å². The van der Waals surface area contributed by atoms with Crippen LogP contribution in [0.1, 0.15) is 55.7 Å². The molecule has 1 aliphatic carbocycles. The number of carbonyl (C=O) groups is 3. The number of halogens is 1. The third-order valence-electron chi connectivity index (χ3n) is 7.88. The zero-order chi connectivity index (χ0) is 23.9. The number of nitrogens with zero attached hydrogens (tertiary/aromatic N) is 1. The first-order valence-electron chi connectivity index (χ1n) is 12.1. The maximum absolute atomic E-state index is 13.8. The van der Waals surface area contributed by atoms with E-state index in [-0.39, 0.29) is 24.3 Å². The number of likely N-dealkylation sites (tertiary alicyclic amines) is 1. The van der Waals surface area contributed by atoms with Crippen LogP contribution in [0.5, 0.6) is 0 Å². The van der Waals surface area contributed by atoms with Crippen LogP contribution in [0.25, 0.3) is 0 Å². The Labute approximate surface area is 207 Å². The molecule has 0 radical (unpaired) electrons. The summed E-state index contributed by atoms with van der Waals surface area (Å²) in [4.78, 5) is 41.7. The van der Waals surface area contributed by atoms with Crippen molar-refractivity contribution in [3.8, 4) is 0 Å². The van der Waals surface area contributed by atoms with Gasteiger partial charge < -0.3 is 5.11 Å². The maximum atomic E-state index is 13.8. The third kappa shape index (κ3) is 3.99. The predicted octanol–water partition coefficient (Wildman–Crippen LogP) is 4.69. The number of carboxylic acid groups (broad SMARTS) is 1. The second-order valence-corrected chi connectivity index (χ2v) is 10.8. The van der Waals surface area contributed by atoms with Crippen LogP contribution in [0.4, 0.5) is 0 Å². The van der Waals surface area contributed by atoms with E-state index in [9.17, 15) is 19.5 Å². The van der Waals surface area contributed by atoms with Gasteiger partial charge in [0.2, 0.25) is 11.8 Å². The summed E-state index contributed by atoms with van der Waals surface area (Å²) < 4.78 is 0.900. The quantitative estimate of drug-likeness (QED) is 0.535. The van der Waals surface area contributed by atoms with Gasteiger partial charge in [0.05, 0.1) is 18.4 Å². The zero-order valence-corrected chi connectivity index (χ0v) is 20.5. The molecule has 0 bridgehead atoms. The van der Waals surface area contributed by atoms with Crippen LogP contribution in [0.2, 0.25) is 0 Å². The minimum absolute atomic E-state index is 0.164. The number of hydrogen-bond donors (Lipinski definition) is 2. The Balaban J connectivity index is 1.55. The fourth-order valence-electron chi connectivity index (χ4n) is 6.26. The largest absolute Gasteiger partial charge is 0.480 e. The molecule has 0 spiro atoms. The average molecular weight is 525 g/mol. The van der Waals surface area contributed by atoms with Crippen LogP contribution >= 0.6 is 15.9 Å². The lowest BCUT2D eigenvalue weighted by molar-refractivity contribution is -0.152. The number of imide groups is 1. The van der Waals surface area contributed by atoms with E-state index in [0.717, 1.165) is 41.3 Å². The van der Waals surface area contributed by atoms with E-state index in [4.69, 9.17) is 0 Å². The van der Waals surface area contributed by atoms with Crippen LogP contribution in [0.15, 0.2) is 59.1 Å². The SMILES string of the molecule is O=C1C2C(c3ccc(Br)cc3)NC(CC3CCCCC3)(C(=O)O)C2C(=O)N1Cc1ccccc1. The number of nitrogens with one attached hydrogen (secondary N) is 1. The lowest BCUT2D eigenvalue weighted by atomic mass is 9.72. The second kappa shape index (κ2) is 9.27. The van der Waals surface area contributed by atoms with Gasteiger partial charge in [-0.3, -0.25) is 24.6 Å². The molecule has 2 heterocycles. The summed E-state index contributed by atoms with van der Waals surface area (Å²) in [5.74, 6) is -3.12. The lowest BCUT2D eigenvalue weighted by Crippen LogP contribution is -2.56. The molecule has 4 unspecified atom stereocenters. The molecule has 2 aliphatic heterocycles. The number of fused-ring (bicyclic) bond motifs is 1. The standard InChI is InChI=1S/C27H29BrN2O4/c28-20-13-11-19(12-14-20)23-21-22(25(32)30(24(21)31)16-18-9-5-2-6-10-18)27(29-23,26(33)34)15-17-7-3-1-4-8-17/h2,5-6,9-14,17,21-23,29H,1,3-4,7-8,15-16H2,(H,33,34). The van der Waals surface area contributed by atoms with Gasteiger partial charge in [-0.2, -0.15) is 0 Å². The summed E-state index contributed by atoms with van der Waals surface area (Å²) in [7, 11) is 0. The molecule has 2 N–H and O–H groups in total. The van der Waals surface area contributed by atoms with Gasteiger partial charge in [-0.05, 0) is 35.6 Å². The Hall–Kier alpha value is -2.51. The number of benzene rings is 2. The van der Waals surface area contributed by atoms with Crippen LogP contribution in [-0.2, 0) is 20.9 Å². The molecule has 0 aromatic heterocycles. The van der Waals surface area contributed by atoms with Crippen molar-refractivity contribution in [2.45, 2.75) is 56.7 Å². The molecule has 178 valence electrons. The minimum atomic E-state index is -1.46. The Morgan fingerprint density at radius 2 is 1.68 bits per heavy atom. The third-order valence-corrected chi connectivity index (χ3v) is 8.40. The summed E-state index contributed by atoms with van der Waals surface area (Å²) in [5.41, 5.74) is 0.223. The smallest absolute Gasteiger partial charge is 0.324 e. The highest BCUT2D eigenvalue weighted by Crippen LogP contribution is 2.52. The van der Waals surface area contributed by atoms with E-state index >= 15 is 0 Å². The van der Waals surface area contributed by atoms with E-state index < -0.39 is 29.4 Å². The lowest BCUT2D eigenvalue weighted by Gasteiger charge is -2.35. The van der Waals surface area contributed by atoms with Gasteiger partial charge in [0.25, 0.3) is 0 Å². The molecule has 3 aliphatic rings. The van der Waals surface area contributed by atoms with Crippen LogP contribution in [0, 0.1) is 17.8 Å². The van der Waals surface area contributed by atoms with Crippen molar-refractivity contribution in [2.75, 3.05) is 0 Å². The molecule has 2 amide bonds. The molecule has 34 heavy (non-hydrogen) atoms. The first-order chi connectivity index (χ1) is 16.4. The number of aliphatic carboxylic acids is 1. The van der Waals surface area contributed by atoms with E-state index in [2.05, 4.69) is 21.2 Å². The molecule has 1 saturated carbocycles. The first-order valence-corrected chi connectivity index (χ1v) is 12.9. The number of rotatable bonds is 6. The van der Waals surface area contributed by atoms with E-state index in [1.807, 2.05) is 54.6 Å². The number of amides is 2. The van der Waals surface area contributed by atoms with Crippen LogP contribution in [-0.4, -0.2) is 33.3 Å². The molecule has 2 aromatic rings. The van der Waals surface area contributed by atoms with Gasteiger partial charge in [0.1, 0.15) is 5.54 Å². The summed E-state index contributed by atoms with van der Waals surface area (Å²) in [6.07, 6.45) is 5.63. The average Bonchev–Trinajstić information content (AvgIpc) is 3.31. The zero-order valence-electron chi connectivity index (χ0n) is 19.0. The number of carbonyl (C=O) groups excluding carboxylic acids is 2. The predicted molar refractivity (Wildman–Crippen MR) is 131 cm³/mol. The molecule has 2 saturated heterocycles. The van der Waals surface area contributed by atoms with Crippen molar-refractivity contribution in [3.05, 3.63) is 70.2 Å². The van der Waals surface area contributed by atoms with Crippen molar-refractivity contribution >= 4 is 33.7 Å². The van der Waals surface area contributed by atoms with Gasteiger partial charge >= 0.3 is 5.97 Å². The topological polar surface area (TPSA) is 86.7 Å². The molecule has 2 aromatic carbocycles. The van der Waals surface area contributed by atoms with Crippen LogP contribution in [0.3, 0.4) is 0 Å². The molecular formula is C27H29BrN2O4. The molecule has 3 fully saturated rings. The summed E-state index contributed by atoms with van der Waals surface area (Å²) in [6, 6.07) is 16.4. The minimum Gasteiger partial charge on any atom is -0.480 e. The first kappa shape index (κ1) is 23.2. The highest BCUT2D eigenvalue weighted by molar-refractivity contribution is 9.10. The molecular weight excluding hydrogens is 496 g/mol. The Morgan fingerprint density at radius 3 is 2.32 bits per heavy atom. The van der Waals surface area contributed by atoms with Gasteiger partial charge in [-0.1, -0.05) is 90.5 Å².